The molecule has 0 radical (unpaired) electrons. The van der Waals surface area contributed by atoms with Gasteiger partial charge in [-0.3, -0.25) is 0 Å². The van der Waals surface area contributed by atoms with E-state index in [9.17, 15) is 0 Å². The monoisotopic (exact) mass is 354 g/mol. The number of hydrogen-bond acceptors (Lipinski definition) is 1. The second kappa shape index (κ2) is 24.0. The zero-order valence-electron chi connectivity index (χ0n) is 18.0. The first-order chi connectivity index (χ1) is 12.4. The molecule has 0 aliphatic carbocycles. The minimum absolute atomic E-state index is 0.943. The molecular weight excluding hydrogens is 304 g/mol. The largest absolute Gasteiger partial charge is 0.385 e. The Balaban J connectivity index is 2.94. The molecular formula is C24H50O. The van der Waals surface area contributed by atoms with E-state index in [2.05, 4.69) is 6.92 Å². The molecule has 0 bridgehead atoms. The fraction of sp³-hybridized carbons (Fsp3) is 1.00. The first-order valence-corrected chi connectivity index (χ1v) is 11.9. The summed E-state index contributed by atoms with van der Waals surface area (Å²) in [7, 11) is 1.80. The Morgan fingerprint density at radius 2 is 0.600 bits per heavy atom. The number of hydrogen-bond donors (Lipinski definition) is 0. The van der Waals surface area contributed by atoms with Crippen LogP contribution < -0.4 is 0 Å². The summed E-state index contributed by atoms with van der Waals surface area (Å²) < 4.78 is 5.08. The van der Waals surface area contributed by atoms with E-state index in [1.165, 1.54) is 135 Å². The molecule has 0 heterocycles. The lowest BCUT2D eigenvalue weighted by atomic mass is 10.0. The smallest absolute Gasteiger partial charge is 0.0462 e. The van der Waals surface area contributed by atoms with E-state index in [1.54, 1.807) is 7.11 Å². The number of methoxy groups -OCH3 is 1. The molecule has 1 heteroatoms. The molecule has 0 aliphatic rings. The molecule has 0 saturated carbocycles. The van der Waals surface area contributed by atoms with Crippen LogP contribution in [0.25, 0.3) is 0 Å². The highest BCUT2D eigenvalue weighted by atomic mass is 16.5. The van der Waals surface area contributed by atoms with Gasteiger partial charge in [-0.2, -0.15) is 0 Å². The van der Waals surface area contributed by atoms with Gasteiger partial charge < -0.3 is 4.74 Å². The topological polar surface area (TPSA) is 9.23 Å². The molecule has 0 aliphatic heterocycles. The normalized spacial score (nSPS) is 11.3. The second-order valence-electron chi connectivity index (χ2n) is 8.06. The van der Waals surface area contributed by atoms with Gasteiger partial charge in [0.1, 0.15) is 0 Å². The standard InChI is InChI=1S/C24H50O/c1-3-4-5-6-7-8-9-10-11-12-13-14-15-16-17-18-19-20-21-22-23-24-25-2/h3-24H2,1-2H3. The maximum absolute atomic E-state index is 5.08. The fourth-order valence-electron chi connectivity index (χ4n) is 3.68. The Morgan fingerprint density at radius 1 is 0.360 bits per heavy atom. The minimum atomic E-state index is 0.943. The van der Waals surface area contributed by atoms with Gasteiger partial charge in [-0.25, -0.2) is 0 Å². The van der Waals surface area contributed by atoms with Crippen molar-refractivity contribution < 1.29 is 4.74 Å². The van der Waals surface area contributed by atoms with E-state index < -0.39 is 0 Å². The van der Waals surface area contributed by atoms with Gasteiger partial charge in [0.05, 0.1) is 0 Å². The highest BCUT2D eigenvalue weighted by Crippen LogP contribution is 2.14. The summed E-state index contributed by atoms with van der Waals surface area (Å²) in [5, 5.41) is 0. The molecule has 0 saturated heterocycles. The van der Waals surface area contributed by atoms with E-state index in [1.807, 2.05) is 0 Å². The van der Waals surface area contributed by atoms with E-state index in [-0.39, 0.29) is 0 Å². The second-order valence-corrected chi connectivity index (χ2v) is 8.06. The average Bonchev–Trinajstić information content (AvgIpc) is 2.63. The zero-order valence-corrected chi connectivity index (χ0v) is 18.0. The molecule has 0 fully saturated rings. The van der Waals surface area contributed by atoms with Gasteiger partial charge in [-0.1, -0.05) is 135 Å². The quantitative estimate of drug-likeness (QED) is 0.176. The third-order valence-electron chi connectivity index (χ3n) is 5.45. The maximum atomic E-state index is 5.08. The number of unbranched alkanes of at least 4 members (excludes halogenated alkanes) is 20. The predicted molar refractivity (Wildman–Crippen MR) is 115 cm³/mol. The predicted octanol–water partition coefficient (Wildman–Crippen LogP) is 8.84. The van der Waals surface area contributed by atoms with Gasteiger partial charge in [0.2, 0.25) is 0 Å². The molecule has 1 nitrogen and oxygen atoms in total. The molecule has 0 unspecified atom stereocenters. The molecule has 0 N–H and O–H groups in total. The summed E-state index contributed by atoms with van der Waals surface area (Å²) in [6.45, 7) is 3.24. The van der Waals surface area contributed by atoms with E-state index in [0.717, 1.165) is 6.61 Å². The third kappa shape index (κ3) is 24.0. The first-order valence-electron chi connectivity index (χ1n) is 11.9. The van der Waals surface area contributed by atoms with Crippen LogP contribution in [0, 0.1) is 0 Å². The van der Waals surface area contributed by atoms with Crippen LogP contribution in [0.1, 0.15) is 142 Å². The third-order valence-corrected chi connectivity index (χ3v) is 5.45. The Kier molecular flexibility index (Phi) is 23.9. The molecule has 25 heavy (non-hydrogen) atoms. The van der Waals surface area contributed by atoms with Crippen LogP contribution in [0.5, 0.6) is 0 Å². The van der Waals surface area contributed by atoms with Crippen LogP contribution >= 0.6 is 0 Å². The van der Waals surface area contributed by atoms with E-state index in [0.29, 0.717) is 0 Å². The highest BCUT2D eigenvalue weighted by molar-refractivity contribution is 4.51. The summed E-state index contributed by atoms with van der Waals surface area (Å²) in [5.74, 6) is 0. The van der Waals surface area contributed by atoms with Crippen molar-refractivity contribution in [1.29, 1.82) is 0 Å². The van der Waals surface area contributed by atoms with Crippen LogP contribution in [-0.4, -0.2) is 13.7 Å². The van der Waals surface area contributed by atoms with Gasteiger partial charge in [0, 0.05) is 13.7 Å². The van der Waals surface area contributed by atoms with Gasteiger partial charge in [-0.15, -0.1) is 0 Å². The lowest BCUT2D eigenvalue weighted by Crippen LogP contribution is -1.88. The van der Waals surface area contributed by atoms with Gasteiger partial charge in [0.15, 0.2) is 0 Å². The van der Waals surface area contributed by atoms with Crippen molar-refractivity contribution in [2.75, 3.05) is 13.7 Å². The van der Waals surface area contributed by atoms with Crippen LogP contribution in [0.4, 0.5) is 0 Å². The van der Waals surface area contributed by atoms with Crippen molar-refractivity contribution in [2.45, 2.75) is 142 Å². The Bertz CT molecular complexity index is 192. The summed E-state index contributed by atoms with van der Waals surface area (Å²) in [5.41, 5.74) is 0. The molecule has 0 rings (SSSR count). The van der Waals surface area contributed by atoms with E-state index >= 15 is 0 Å². The molecule has 0 amide bonds. The minimum Gasteiger partial charge on any atom is -0.385 e. The van der Waals surface area contributed by atoms with Crippen molar-refractivity contribution in [2.24, 2.45) is 0 Å². The van der Waals surface area contributed by atoms with Gasteiger partial charge >= 0.3 is 0 Å². The van der Waals surface area contributed by atoms with Crippen molar-refractivity contribution in [3.8, 4) is 0 Å². The van der Waals surface area contributed by atoms with Crippen molar-refractivity contribution in [1.82, 2.24) is 0 Å². The van der Waals surface area contributed by atoms with Crippen LogP contribution in [0.15, 0.2) is 0 Å². The molecule has 0 aromatic carbocycles. The van der Waals surface area contributed by atoms with Gasteiger partial charge in [0.25, 0.3) is 0 Å². The average molecular weight is 355 g/mol. The van der Waals surface area contributed by atoms with Crippen LogP contribution in [0.3, 0.4) is 0 Å². The van der Waals surface area contributed by atoms with Crippen molar-refractivity contribution in [3.05, 3.63) is 0 Å². The Labute approximate surface area is 160 Å². The van der Waals surface area contributed by atoms with Crippen LogP contribution in [-0.2, 0) is 4.74 Å². The Hall–Kier alpha value is -0.0400. The first kappa shape index (κ1) is 25.0. The van der Waals surface area contributed by atoms with Crippen molar-refractivity contribution in [3.63, 3.8) is 0 Å². The van der Waals surface area contributed by atoms with E-state index in [4.69, 9.17) is 4.74 Å². The molecule has 0 aromatic heterocycles. The molecule has 152 valence electrons. The zero-order chi connectivity index (χ0) is 18.3. The summed E-state index contributed by atoms with van der Waals surface area (Å²) in [6, 6.07) is 0. The number of rotatable bonds is 22. The highest BCUT2D eigenvalue weighted by Gasteiger charge is 1.95. The molecule has 0 atom stereocenters. The van der Waals surface area contributed by atoms with Gasteiger partial charge in [-0.05, 0) is 6.42 Å². The fourth-order valence-corrected chi connectivity index (χ4v) is 3.68. The lowest BCUT2D eigenvalue weighted by molar-refractivity contribution is 0.192. The summed E-state index contributed by atoms with van der Waals surface area (Å²) in [6.07, 6.45) is 30.4. The summed E-state index contributed by atoms with van der Waals surface area (Å²) in [4.78, 5) is 0. The Morgan fingerprint density at radius 3 is 0.840 bits per heavy atom. The number of ether oxygens (including phenoxy) is 1. The SMILES string of the molecule is CCCCCCCCCCCCCCCCCCCCCCCOC. The van der Waals surface area contributed by atoms with Crippen molar-refractivity contribution >= 4 is 0 Å². The molecule has 0 spiro atoms. The lowest BCUT2D eigenvalue weighted by Gasteiger charge is -2.04. The molecule has 0 aromatic rings. The summed E-state index contributed by atoms with van der Waals surface area (Å²) >= 11 is 0. The van der Waals surface area contributed by atoms with Crippen LogP contribution in [0.2, 0.25) is 0 Å². The maximum Gasteiger partial charge on any atom is 0.0462 e.